The van der Waals surface area contributed by atoms with Gasteiger partial charge in [-0.05, 0) is 6.92 Å². The molecule has 0 amide bonds. The molecule has 11 heavy (non-hydrogen) atoms. The van der Waals surface area contributed by atoms with E-state index in [0.29, 0.717) is 6.42 Å². The molecule has 0 fully saturated rings. The van der Waals surface area contributed by atoms with Gasteiger partial charge in [0.25, 0.3) is 0 Å². The molecule has 3 nitrogen and oxygen atoms in total. The summed E-state index contributed by atoms with van der Waals surface area (Å²) in [7, 11) is 0. The van der Waals surface area contributed by atoms with E-state index in [2.05, 4.69) is 4.98 Å². The number of aryl methyl sites for hydroxylation is 2. The van der Waals surface area contributed by atoms with Crippen LogP contribution in [0.3, 0.4) is 0 Å². The summed E-state index contributed by atoms with van der Waals surface area (Å²) in [6.45, 7) is 1.91. The number of hydrogen-bond donors (Lipinski definition) is 0. The van der Waals surface area contributed by atoms with Crippen LogP contribution in [-0.4, -0.2) is 19.5 Å². The van der Waals surface area contributed by atoms with E-state index in [1.165, 1.54) is 0 Å². The Morgan fingerprint density at radius 3 is 3.00 bits per heavy atom. The van der Waals surface area contributed by atoms with Gasteiger partial charge in [0.1, 0.15) is 0 Å². The second kappa shape index (κ2) is 3.94. The molecule has 0 bridgehead atoms. The van der Waals surface area contributed by atoms with Crippen LogP contribution < -0.4 is 0 Å². The highest BCUT2D eigenvalue weighted by Gasteiger charge is 1.96. The summed E-state index contributed by atoms with van der Waals surface area (Å²) in [6.07, 6.45) is 0.528. The highest BCUT2D eigenvalue weighted by molar-refractivity contribution is 7.79. The summed E-state index contributed by atoms with van der Waals surface area (Å²) < 4.78 is 20.3. The lowest BCUT2D eigenvalue weighted by Crippen LogP contribution is -1.99. The number of hydrogen-bond acceptors (Lipinski definition) is 4. The van der Waals surface area contributed by atoms with Gasteiger partial charge in [-0.25, -0.2) is 4.98 Å². The summed E-state index contributed by atoms with van der Waals surface area (Å²) in [6, 6.07) is 0. The molecular weight excluding hydrogens is 182 g/mol. The number of thiazole rings is 1. The molecule has 1 atom stereocenters. The Morgan fingerprint density at radius 1 is 1.82 bits per heavy atom. The van der Waals surface area contributed by atoms with Gasteiger partial charge in [-0.1, -0.05) is 11.1 Å². The molecule has 1 aromatic rings. The van der Waals surface area contributed by atoms with Crippen LogP contribution in [-0.2, 0) is 17.5 Å². The van der Waals surface area contributed by atoms with Gasteiger partial charge in [-0.3, -0.25) is 4.21 Å². The maximum atomic E-state index is 10.2. The molecule has 1 heterocycles. The lowest BCUT2D eigenvalue weighted by Gasteiger charge is -2.00. The van der Waals surface area contributed by atoms with Crippen molar-refractivity contribution in [3.05, 3.63) is 16.1 Å². The first-order valence-corrected chi connectivity index (χ1v) is 5.27. The van der Waals surface area contributed by atoms with E-state index in [-0.39, 0.29) is 5.75 Å². The van der Waals surface area contributed by atoms with Crippen molar-refractivity contribution in [2.45, 2.75) is 13.3 Å². The minimum atomic E-state index is -1.94. The molecule has 62 valence electrons. The van der Waals surface area contributed by atoms with Crippen molar-refractivity contribution >= 4 is 22.4 Å². The Morgan fingerprint density at radius 2 is 2.55 bits per heavy atom. The second-order valence-electron chi connectivity index (χ2n) is 2.12. The fraction of sp³-hybridized carbons (Fsp3) is 0.500. The summed E-state index contributed by atoms with van der Waals surface area (Å²) >= 11 is -0.398. The normalized spacial score (nSPS) is 13.3. The molecule has 0 radical (unpaired) electrons. The second-order valence-corrected chi connectivity index (χ2v) is 4.19. The third kappa shape index (κ3) is 3.09. The number of rotatable bonds is 3. The minimum absolute atomic E-state index is 0.170. The number of nitrogens with zero attached hydrogens (tertiary/aromatic N) is 1. The van der Waals surface area contributed by atoms with Gasteiger partial charge in [0.05, 0.1) is 10.7 Å². The van der Waals surface area contributed by atoms with E-state index < -0.39 is 11.1 Å². The fourth-order valence-electron chi connectivity index (χ4n) is 0.711. The highest BCUT2D eigenvalue weighted by atomic mass is 32.2. The minimum Gasteiger partial charge on any atom is -0.772 e. The van der Waals surface area contributed by atoms with Crippen LogP contribution in [0.2, 0.25) is 0 Å². The van der Waals surface area contributed by atoms with Crippen molar-refractivity contribution in [1.29, 1.82) is 0 Å². The molecule has 0 saturated heterocycles. The van der Waals surface area contributed by atoms with E-state index in [0.717, 1.165) is 10.7 Å². The Balaban J connectivity index is 2.45. The van der Waals surface area contributed by atoms with Gasteiger partial charge in [-0.15, -0.1) is 11.3 Å². The maximum absolute atomic E-state index is 10.2. The summed E-state index contributed by atoms with van der Waals surface area (Å²) in [5, 5.41) is 2.87. The van der Waals surface area contributed by atoms with Crippen molar-refractivity contribution in [3.63, 3.8) is 0 Å². The molecule has 0 aliphatic heterocycles. The summed E-state index contributed by atoms with van der Waals surface area (Å²) in [4.78, 5) is 4.13. The van der Waals surface area contributed by atoms with Crippen LogP contribution in [0.4, 0.5) is 0 Å². The first-order valence-electron chi connectivity index (χ1n) is 3.15. The van der Waals surface area contributed by atoms with Crippen molar-refractivity contribution in [3.8, 4) is 0 Å². The first-order chi connectivity index (χ1) is 5.18. The van der Waals surface area contributed by atoms with Gasteiger partial charge >= 0.3 is 0 Å². The van der Waals surface area contributed by atoms with Crippen molar-refractivity contribution < 1.29 is 8.76 Å². The predicted octanol–water partition coefficient (Wildman–Crippen LogP) is 0.873. The van der Waals surface area contributed by atoms with Crippen LogP contribution in [0.1, 0.15) is 10.7 Å². The third-order valence-electron chi connectivity index (χ3n) is 1.19. The molecule has 1 rings (SSSR count). The highest BCUT2D eigenvalue weighted by Crippen LogP contribution is 2.08. The molecule has 5 heteroatoms. The Hall–Kier alpha value is -0.260. The van der Waals surface area contributed by atoms with Crippen LogP contribution in [0.5, 0.6) is 0 Å². The smallest absolute Gasteiger partial charge is 0.0897 e. The molecule has 0 spiro atoms. The molecule has 1 unspecified atom stereocenters. The quantitative estimate of drug-likeness (QED) is 0.665. The SMILES string of the molecule is Cc1nc(CCS(=O)[O-])cs1. The van der Waals surface area contributed by atoms with Crippen molar-refractivity contribution in [2.24, 2.45) is 0 Å². The number of aromatic nitrogens is 1. The Kier molecular flexibility index (Phi) is 3.16. The fourth-order valence-corrected chi connectivity index (χ4v) is 1.73. The van der Waals surface area contributed by atoms with Gasteiger partial charge in [0.2, 0.25) is 0 Å². The van der Waals surface area contributed by atoms with Crippen LogP contribution in [0.25, 0.3) is 0 Å². The van der Waals surface area contributed by atoms with Gasteiger partial charge in [0, 0.05) is 17.6 Å². The first kappa shape index (κ1) is 8.83. The zero-order chi connectivity index (χ0) is 8.27. The summed E-state index contributed by atoms with van der Waals surface area (Å²) in [5.74, 6) is 0.170. The lowest BCUT2D eigenvalue weighted by atomic mass is 10.4. The van der Waals surface area contributed by atoms with Gasteiger partial charge < -0.3 is 4.55 Å². The van der Waals surface area contributed by atoms with Crippen molar-refractivity contribution in [2.75, 3.05) is 5.75 Å². The molecular formula is C6H8NO2S2-. The average molecular weight is 190 g/mol. The molecule has 0 N–H and O–H groups in total. The van der Waals surface area contributed by atoms with E-state index in [9.17, 15) is 8.76 Å². The van der Waals surface area contributed by atoms with Gasteiger partial charge in [-0.2, -0.15) is 0 Å². The van der Waals surface area contributed by atoms with Gasteiger partial charge in [0.15, 0.2) is 0 Å². The zero-order valence-electron chi connectivity index (χ0n) is 6.07. The molecule has 0 aromatic carbocycles. The van der Waals surface area contributed by atoms with E-state index in [1.54, 1.807) is 11.3 Å². The molecule has 0 aliphatic carbocycles. The largest absolute Gasteiger partial charge is 0.772 e. The monoisotopic (exact) mass is 190 g/mol. The van der Waals surface area contributed by atoms with E-state index >= 15 is 0 Å². The molecule has 0 saturated carbocycles. The Bertz CT molecular complexity index is 259. The third-order valence-corrected chi connectivity index (χ3v) is 2.55. The summed E-state index contributed by atoms with van der Waals surface area (Å²) in [5.41, 5.74) is 0.872. The van der Waals surface area contributed by atoms with Crippen LogP contribution in [0.15, 0.2) is 5.38 Å². The topological polar surface area (TPSA) is 53.0 Å². The van der Waals surface area contributed by atoms with E-state index in [4.69, 9.17) is 0 Å². The molecule has 0 aliphatic rings. The van der Waals surface area contributed by atoms with Crippen LogP contribution >= 0.6 is 11.3 Å². The Labute approximate surface area is 71.8 Å². The lowest BCUT2D eigenvalue weighted by molar-refractivity contribution is 0.536. The van der Waals surface area contributed by atoms with Crippen molar-refractivity contribution in [1.82, 2.24) is 4.98 Å². The van der Waals surface area contributed by atoms with Crippen LogP contribution in [0, 0.1) is 6.92 Å². The maximum Gasteiger partial charge on any atom is 0.0897 e. The predicted molar refractivity (Wildman–Crippen MR) is 44.3 cm³/mol. The average Bonchev–Trinajstić information content (AvgIpc) is 2.31. The van der Waals surface area contributed by atoms with E-state index in [1.807, 2.05) is 12.3 Å². The zero-order valence-corrected chi connectivity index (χ0v) is 7.70. The standard InChI is InChI=1S/C6H9NO2S2/c1-5-7-6(4-10-5)2-3-11(8)9/h4H,2-3H2,1H3,(H,8,9)/p-1. The molecule has 1 aromatic heterocycles.